The minimum atomic E-state index is 0.366. The number of fused-ring (bicyclic) bond motifs is 1. The molecule has 0 saturated heterocycles. The van der Waals surface area contributed by atoms with Crippen LogP contribution >= 0.6 is 11.6 Å². The average molecular weight is 272 g/mol. The molecule has 1 aliphatic rings. The van der Waals surface area contributed by atoms with Crippen molar-refractivity contribution < 1.29 is 0 Å². The molecule has 0 spiro atoms. The Hall–Kier alpha value is -1.31. The van der Waals surface area contributed by atoms with E-state index in [2.05, 4.69) is 48.6 Å². The Morgan fingerprint density at radius 3 is 2.63 bits per heavy atom. The standard InChI is InChI=1S/C17H18ClN/c1-12(13-6-8-16(18)9-7-13)19-11-15-10-14-4-2-3-5-17(14)15/h2-9,12,15,19H,10-11H2,1H3/t12-,15?/m0/s1. The van der Waals surface area contributed by atoms with E-state index >= 15 is 0 Å². The fraction of sp³-hybridized carbons (Fsp3) is 0.294. The van der Waals surface area contributed by atoms with E-state index in [0.29, 0.717) is 12.0 Å². The summed E-state index contributed by atoms with van der Waals surface area (Å²) in [6.45, 7) is 3.24. The van der Waals surface area contributed by atoms with E-state index < -0.39 is 0 Å². The van der Waals surface area contributed by atoms with E-state index in [1.165, 1.54) is 23.1 Å². The van der Waals surface area contributed by atoms with Gasteiger partial charge in [-0.15, -0.1) is 0 Å². The highest BCUT2D eigenvalue weighted by Gasteiger charge is 2.25. The van der Waals surface area contributed by atoms with Crippen molar-refractivity contribution in [2.75, 3.05) is 6.54 Å². The van der Waals surface area contributed by atoms with Crippen molar-refractivity contribution >= 4 is 11.6 Å². The average Bonchev–Trinajstić information content (AvgIpc) is 2.40. The molecule has 0 radical (unpaired) electrons. The van der Waals surface area contributed by atoms with Crippen molar-refractivity contribution in [2.24, 2.45) is 0 Å². The number of hydrogen-bond donors (Lipinski definition) is 1. The number of nitrogens with one attached hydrogen (secondary N) is 1. The third kappa shape index (κ3) is 2.68. The highest BCUT2D eigenvalue weighted by molar-refractivity contribution is 6.30. The summed E-state index contributed by atoms with van der Waals surface area (Å²) in [5.41, 5.74) is 4.31. The van der Waals surface area contributed by atoms with Crippen LogP contribution in [0.3, 0.4) is 0 Å². The van der Waals surface area contributed by atoms with Gasteiger partial charge in [-0.1, -0.05) is 48.0 Å². The van der Waals surface area contributed by atoms with E-state index in [-0.39, 0.29) is 0 Å². The zero-order valence-electron chi connectivity index (χ0n) is 11.1. The van der Waals surface area contributed by atoms with Gasteiger partial charge in [0.15, 0.2) is 0 Å². The second-order valence-corrected chi connectivity index (χ2v) is 5.72. The minimum absolute atomic E-state index is 0.366. The molecule has 0 bridgehead atoms. The highest BCUT2D eigenvalue weighted by atomic mass is 35.5. The lowest BCUT2D eigenvalue weighted by molar-refractivity contribution is 0.489. The van der Waals surface area contributed by atoms with Crippen molar-refractivity contribution in [3.63, 3.8) is 0 Å². The van der Waals surface area contributed by atoms with Gasteiger partial charge < -0.3 is 5.32 Å². The summed E-state index contributed by atoms with van der Waals surface area (Å²) >= 11 is 5.91. The fourth-order valence-corrected chi connectivity index (χ4v) is 2.86. The summed E-state index contributed by atoms with van der Waals surface area (Å²) in [5, 5.41) is 4.41. The minimum Gasteiger partial charge on any atom is -0.310 e. The quantitative estimate of drug-likeness (QED) is 0.873. The molecular formula is C17H18ClN. The van der Waals surface area contributed by atoms with Crippen molar-refractivity contribution in [1.82, 2.24) is 5.32 Å². The van der Waals surface area contributed by atoms with E-state index in [0.717, 1.165) is 11.6 Å². The number of halogens is 1. The molecule has 0 aromatic heterocycles. The third-order valence-corrected chi connectivity index (χ3v) is 4.25. The molecule has 1 aliphatic carbocycles. The van der Waals surface area contributed by atoms with Crippen LogP contribution in [0.4, 0.5) is 0 Å². The van der Waals surface area contributed by atoms with Gasteiger partial charge in [0.25, 0.3) is 0 Å². The van der Waals surface area contributed by atoms with Crippen molar-refractivity contribution in [3.05, 3.63) is 70.2 Å². The number of rotatable bonds is 4. The van der Waals surface area contributed by atoms with E-state index in [1.807, 2.05) is 12.1 Å². The van der Waals surface area contributed by atoms with Gasteiger partial charge in [-0.2, -0.15) is 0 Å². The zero-order chi connectivity index (χ0) is 13.2. The summed E-state index contributed by atoms with van der Waals surface area (Å²) < 4.78 is 0. The molecule has 0 amide bonds. The molecule has 1 N–H and O–H groups in total. The van der Waals surface area contributed by atoms with Gasteiger partial charge in [-0.25, -0.2) is 0 Å². The third-order valence-electron chi connectivity index (χ3n) is 4.00. The van der Waals surface area contributed by atoms with Gasteiger partial charge in [0, 0.05) is 23.5 Å². The lowest BCUT2D eigenvalue weighted by atomic mass is 9.77. The van der Waals surface area contributed by atoms with E-state index in [9.17, 15) is 0 Å². The molecule has 1 unspecified atom stereocenters. The van der Waals surface area contributed by atoms with Crippen LogP contribution in [-0.2, 0) is 6.42 Å². The largest absolute Gasteiger partial charge is 0.310 e. The molecule has 2 atom stereocenters. The Morgan fingerprint density at radius 2 is 1.89 bits per heavy atom. The Bertz CT molecular complexity index is 562. The second kappa shape index (κ2) is 5.36. The molecule has 2 aromatic rings. The molecule has 0 heterocycles. The van der Waals surface area contributed by atoms with E-state index in [1.54, 1.807) is 0 Å². The molecule has 19 heavy (non-hydrogen) atoms. The van der Waals surface area contributed by atoms with Gasteiger partial charge in [0.1, 0.15) is 0 Å². The molecule has 98 valence electrons. The lowest BCUT2D eigenvalue weighted by Crippen LogP contribution is -2.30. The Kier molecular flexibility index (Phi) is 3.58. The summed E-state index contributed by atoms with van der Waals surface area (Å²) in [7, 11) is 0. The number of benzene rings is 2. The first kappa shape index (κ1) is 12.7. The van der Waals surface area contributed by atoms with Crippen LogP contribution in [0.1, 0.15) is 35.6 Å². The van der Waals surface area contributed by atoms with Crippen LogP contribution in [-0.4, -0.2) is 6.54 Å². The van der Waals surface area contributed by atoms with Crippen LogP contribution in [0.15, 0.2) is 48.5 Å². The van der Waals surface area contributed by atoms with Crippen molar-refractivity contribution in [2.45, 2.75) is 25.3 Å². The lowest BCUT2D eigenvalue weighted by Gasteiger charge is -2.31. The SMILES string of the molecule is C[C@H](NCC1Cc2ccccc21)c1ccc(Cl)cc1. The van der Waals surface area contributed by atoms with Crippen molar-refractivity contribution in [1.29, 1.82) is 0 Å². The molecule has 3 rings (SSSR count). The van der Waals surface area contributed by atoms with Gasteiger partial charge >= 0.3 is 0 Å². The molecular weight excluding hydrogens is 254 g/mol. The van der Waals surface area contributed by atoms with Crippen LogP contribution in [0, 0.1) is 0 Å². The van der Waals surface area contributed by atoms with Gasteiger partial charge in [-0.05, 0) is 42.2 Å². The Labute approximate surface area is 119 Å². The zero-order valence-corrected chi connectivity index (χ0v) is 11.8. The van der Waals surface area contributed by atoms with Gasteiger partial charge in [-0.3, -0.25) is 0 Å². The maximum absolute atomic E-state index is 5.91. The summed E-state index contributed by atoms with van der Waals surface area (Å²) in [5.74, 6) is 0.672. The van der Waals surface area contributed by atoms with Crippen LogP contribution < -0.4 is 5.32 Å². The van der Waals surface area contributed by atoms with Crippen LogP contribution in [0.2, 0.25) is 5.02 Å². The molecule has 0 aliphatic heterocycles. The molecule has 2 heteroatoms. The second-order valence-electron chi connectivity index (χ2n) is 5.28. The predicted molar refractivity (Wildman–Crippen MR) is 80.8 cm³/mol. The molecule has 0 fully saturated rings. The maximum Gasteiger partial charge on any atom is 0.0406 e. The molecule has 1 nitrogen and oxygen atoms in total. The van der Waals surface area contributed by atoms with E-state index in [4.69, 9.17) is 11.6 Å². The first-order valence-corrected chi connectivity index (χ1v) is 7.18. The van der Waals surface area contributed by atoms with Crippen molar-refractivity contribution in [3.8, 4) is 0 Å². The smallest absolute Gasteiger partial charge is 0.0406 e. The maximum atomic E-state index is 5.91. The summed E-state index contributed by atoms with van der Waals surface area (Å²) in [4.78, 5) is 0. The van der Waals surface area contributed by atoms with Crippen LogP contribution in [0.25, 0.3) is 0 Å². The highest BCUT2D eigenvalue weighted by Crippen LogP contribution is 2.34. The van der Waals surface area contributed by atoms with Gasteiger partial charge in [0.05, 0.1) is 0 Å². The first-order valence-electron chi connectivity index (χ1n) is 6.80. The van der Waals surface area contributed by atoms with Gasteiger partial charge in [0.2, 0.25) is 0 Å². The Morgan fingerprint density at radius 1 is 1.16 bits per heavy atom. The number of hydrogen-bond acceptors (Lipinski definition) is 1. The monoisotopic (exact) mass is 271 g/mol. The summed E-state index contributed by atoms with van der Waals surface area (Å²) in [6, 6.07) is 17.2. The summed E-state index contributed by atoms with van der Waals surface area (Å²) in [6.07, 6.45) is 1.20. The normalized spacial score (nSPS) is 18.5. The fourth-order valence-electron chi connectivity index (χ4n) is 2.73. The predicted octanol–water partition coefficient (Wildman–Crippen LogP) is 4.33. The van der Waals surface area contributed by atoms with Crippen LogP contribution in [0.5, 0.6) is 0 Å². The Balaban J connectivity index is 1.57. The molecule has 2 aromatic carbocycles. The first-order chi connectivity index (χ1) is 9.24. The topological polar surface area (TPSA) is 12.0 Å². The molecule has 0 saturated carbocycles.